The molecule has 2 rings (SSSR count). The lowest BCUT2D eigenvalue weighted by Gasteiger charge is -1.85. The van der Waals surface area contributed by atoms with Crippen molar-refractivity contribution in [1.29, 1.82) is 0 Å². The van der Waals surface area contributed by atoms with Gasteiger partial charge in [-0.2, -0.15) is 0 Å². The highest BCUT2D eigenvalue weighted by Crippen LogP contribution is 2.08. The monoisotopic (exact) mass is 180 g/mol. The van der Waals surface area contributed by atoms with Gasteiger partial charge in [0.05, 0.1) is 0 Å². The van der Waals surface area contributed by atoms with E-state index in [1.54, 1.807) is 0 Å². The Bertz CT molecular complexity index is 339. The zero-order valence-electron chi connectivity index (χ0n) is 7.93. The van der Waals surface area contributed by atoms with E-state index in [1.165, 1.54) is 11.1 Å². The Hall–Kier alpha value is -1.82. The Labute approximate surface area is 84.6 Å². The van der Waals surface area contributed by atoms with E-state index >= 15 is 0 Å². The molecule has 0 N–H and O–H groups in total. The number of hydrogen-bond donors (Lipinski definition) is 0. The van der Waals surface area contributed by atoms with E-state index in [9.17, 15) is 0 Å². The Morgan fingerprint density at radius 1 is 0.571 bits per heavy atom. The van der Waals surface area contributed by atoms with E-state index in [4.69, 9.17) is 0 Å². The van der Waals surface area contributed by atoms with E-state index in [0.29, 0.717) is 0 Å². The minimum Gasteiger partial charge on any atom is -0.0617 e. The molecule has 0 aromatic heterocycles. The van der Waals surface area contributed by atoms with Crippen molar-refractivity contribution < 1.29 is 0 Å². The van der Waals surface area contributed by atoms with E-state index in [-0.39, 0.29) is 0 Å². The van der Waals surface area contributed by atoms with Crippen LogP contribution in [-0.4, -0.2) is 0 Å². The quantitative estimate of drug-likeness (QED) is 0.608. The summed E-state index contributed by atoms with van der Waals surface area (Å²) in [5, 5.41) is 0. The van der Waals surface area contributed by atoms with Crippen LogP contribution >= 0.6 is 0 Å². The first kappa shape index (κ1) is 8.76. The molecule has 0 unspecified atom stereocenters. The van der Waals surface area contributed by atoms with Gasteiger partial charge >= 0.3 is 0 Å². The molecular weight excluding hydrogens is 168 g/mol. The second kappa shape index (κ2) is 4.43. The van der Waals surface area contributed by atoms with Crippen LogP contribution in [0.4, 0.5) is 0 Å². The van der Waals surface area contributed by atoms with Gasteiger partial charge in [-0.15, -0.1) is 0 Å². The summed E-state index contributed by atoms with van der Waals surface area (Å²) in [7, 11) is 0. The number of hydrogen-bond acceptors (Lipinski definition) is 0. The molecule has 14 heavy (non-hydrogen) atoms. The van der Waals surface area contributed by atoms with Gasteiger partial charge in [0.25, 0.3) is 0 Å². The first-order valence-electron chi connectivity index (χ1n) is 4.73. The van der Waals surface area contributed by atoms with Gasteiger partial charge in [-0.1, -0.05) is 72.9 Å². The molecule has 0 aliphatic heterocycles. The fraction of sp³-hybridized carbons (Fsp3) is 0. The summed E-state index contributed by atoms with van der Waals surface area (Å²) in [5.74, 6) is 0. The minimum atomic E-state index is 1.25. The lowest BCUT2D eigenvalue weighted by atomic mass is 10.2. The maximum atomic E-state index is 2.10. The van der Waals surface area contributed by atoms with Crippen molar-refractivity contribution in [2.24, 2.45) is 0 Å². The SMILES string of the molecule is C1=CC(=C/C=C/C=C2C=CC=C2)C=C1. The van der Waals surface area contributed by atoms with Crippen molar-refractivity contribution in [2.75, 3.05) is 0 Å². The molecule has 0 heteroatoms. The molecule has 2 aliphatic rings. The zero-order valence-corrected chi connectivity index (χ0v) is 7.93. The Morgan fingerprint density at radius 3 is 1.29 bits per heavy atom. The zero-order chi connectivity index (χ0) is 9.64. The Kier molecular flexibility index (Phi) is 2.77. The predicted molar refractivity (Wildman–Crippen MR) is 61.9 cm³/mol. The maximum Gasteiger partial charge on any atom is -0.0257 e. The van der Waals surface area contributed by atoms with Gasteiger partial charge in [-0.3, -0.25) is 0 Å². The lowest BCUT2D eigenvalue weighted by molar-refractivity contribution is 1.71. The van der Waals surface area contributed by atoms with Crippen LogP contribution in [0, 0.1) is 0 Å². The smallest absolute Gasteiger partial charge is 0.0257 e. The highest BCUT2D eigenvalue weighted by Gasteiger charge is 1.88. The standard InChI is InChI=1S/C14H12/c1-2-8-13(7-1)11-5-6-12-14-9-3-4-10-14/h1-12H/b6-5+. The minimum absolute atomic E-state index is 1.25. The van der Waals surface area contributed by atoms with Crippen LogP contribution in [0.25, 0.3) is 0 Å². The number of allylic oxidation sites excluding steroid dienone is 14. The average Bonchev–Trinajstić information content (AvgIpc) is 2.86. The summed E-state index contributed by atoms with van der Waals surface area (Å²) < 4.78 is 0. The molecule has 0 saturated carbocycles. The van der Waals surface area contributed by atoms with Crippen molar-refractivity contribution in [3.63, 3.8) is 0 Å². The largest absolute Gasteiger partial charge is 0.0617 e. The molecule has 0 atom stereocenters. The van der Waals surface area contributed by atoms with Gasteiger partial charge in [-0.05, 0) is 11.1 Å². The summed E-state index contributed by atoms with van der Waals surface area (Å²) in [6, 6.07) is 0. The molecule has 0 nitrogen and oxygen atoms in total. The maximum absolute atomic E-state index is 2.10. The molecule has 0 fully saturated rings. The molecule has 0 radical (unpaired) electrons. The molecule has 0 aromatic rings. The van der Waals surface area contributed by atoms with Crippen LogP contribution in [0.1, 0.15) is 0 Å². The fourth-order valence-corrected chi connectivity index (χ4v) is 1.33. The van der Waals surface area contributed by atoms with Gasteiger partial charge in [0.15, 0.2) is 0 Å². The topological polar surface area (TPSA) is 0 Å². The van der Waals surface area contributed by atoms with Gasteiger partial charge in [0.2, 0.25) is 0 Å². The molecular formula is C14H12. The Balaban J connectivity index is 1.95. The van der Waals surface area contributed by atoms with Crippen molar-refractivity contribution in [1.82, 2.24) is 0 Å². The normalized spacial score (nSPS) is 17.7. The Morgan fingerprint density at radius 2 is 0.929 bits per heavy atom. The van der Waals surface area contributed by atoms with E-state index in [0.717, 1.165) is 0 Å². The van der Waals surface area contributed by atoms with Crippen LogP contribution in [0.3, 0.4) is 0 Å². The number of rotatable bonds is 2. The van der Waals surface area contributed by atoms with E-state index in [2.05, 4.69) is 48.6 Å². The first-order chi connectivity index (χ1) is 6.95. The van der Waals surface area contributed by atoms with Crippen molar-refractivity contribution in [2.45, 2.75) is 0 Å². The van der Waals surface area contributed by atoms with Crippen molar-refractivity contribution in [3.05, 3.63) is 84.1 Å². The van der Waals surface area contributed by atoms with Gasteiger partial charge in [0.1, 0.15) is 0 Å². The summed E-state index contributed by atoms with van der Waals surface area (Å²) >= 11 is 0. The predicted octanol–water partition coefficient (Wildman–Crippen LogP) is 3.65. The highest BCUT2D eigenvalue weighted by molar-refractivity contribution is 5.44. The highest BCUT2D eigenvalue weighted by atomic mass is 13.9. The van der Waals surface area contributed by atoms with Crippen molar-refractivity contribution in [3.8, 4) is 0 Å². The summed E-state index contributed by atoms with van der Waals surface area (Å²) in [6.07, 6.45) is 24.8. The van der Waals surface area contributed by atoms with Crippen LogP contribution in [0.2, 0.25) is 0 Å². The third-order valence-electron chi connectivity index (χ3n) is 2.07. The van der Waals surface area contributed by atoms with Crippen LogP contribution < -0.4 is 0 Å². The molecule has 0 spiro atoms. The van der Waals surface area contributed by atoms with Crippen LogP contribution in [0.15, 0.2) is 84.1 Å². The van der Waals surface area contributed by atoms with Crippen LogP contribution in [-0.2, 0) is 0 Å². The second-order valence-electron chi connectivity index (χ2n) is 3.15. The molecule has 2 aliphatic carbocycles. The molecule has 0 heterocycles. The van der Waals surface area contributed by atoms with Gasteiger partial charge in [0, 0.05) is 0 Å². The summed E-state index contributed by atoms with van der Waals surface area (Å²) in [4.78, 5) is 0. The fourth-order valence-electron chi connectivity index (χ4n) is 1.33. The average molecular weight is 180 g/mol. The van der Waals surface area contributed by atoms with Crippen LogP contribution in [0.5, 0.6) is 0 Å². The second-order valence-corrected chi connectivity index (χ2v) is 3.15. The van der Waals surface area contributed by atoms with Crippen molar-refractivity contribution >= 4 is 0 Å². The van der Waals surface area contributed by atoms with E-state index in [1.807, 2.05) is 24.3 Å². The molecule has 68 valence electrons. The third kappa shape index (κ3) is 2.33. The molecule has 0 saturated heterocycles. The van der Waals surface area contributed by atoms with E-state index < -0.39 is 0 Å². The third-order valence-corrected chi connectivity index (χ3v) is 2.07. The van der Waals surface area contributed by atoms with Gasteiger partial charge < -0.3 is 0 Å². The molecule has 0 bridgehead atoms. The first-order valence-corrected chi connectivity index (χ1v) is 4.73. The molecule has 0 aromatic carbocycles. The lowest BCUT2D eigenvalue weighted by Crippen LogP contribution is -1.64. The van der Waals surface area contributed by atoms with Gasteiger partial charge in [-0.25, -0.2) is 0 Å². The molecule has 0 amide bonds. The summed E-state index contributed by atoms with van der Waals surface area (Å²) in [5.41, 5.74) is 2.49. The summed E-state index contributed by atoms with van der Waals surface area (Å²) in [6.45, 7) is 0.